The zero-order chi connectivity index (χ0) is 27.3. The summed E-state index contributed by atoms with van der Waals surface area (Å²) >= 11 is 14.2. The van der Waals surface area contributed by atoms with Gasteiger partial charge in [0.2, 0.25) is 5.91 Å². The Morgan fingerprint density at radius 3 is 2.45 bits per heavy atom. The van der Waals surface area contributed by atoms with Crippen LogP contribution in [0.3, 0.4) is 0 Å². The summed E-state index contributed by atoms with van der Waals surface area (Å²) in [4.78, 5) is 13.3. The second-order valence-corrected chi connectivity index (χ2v) is 11.8. The van der Waals surface area contributed by atoms with Gasteiger partial charge in [0.15, 0.2) is 11.0 Å². The lowest BCUT2D eigenvalue weighted by molar-refractivity contribution is -0.129. The number of carbonyl (C=O) groups is 1. The van der Waals surface area contributed by atoms with Crippen LogP contribution in [0.5, 0.6) is 0 Å². The van der Waals surface area contributed by atoms with Crippen molar-refractivity contribution in [1.82, 2.24) is 20.1 Å². The summed E-state index contributed by atoms with van der Waals surface area (Å²) in [6, 6.07) is 23.8. The summed E-state index contributed by atoms with van der Waals surface area (Å²) < 4.78 is 2.03. The molecule has 1 aromatic heterocycles. The second kappa shape index (κ2) is 12.4. The van der Waals surface area contributed by atoms with Crippen LogP contribution in [-0.4, -0.2) is 26.6 Å². The van der Waals surface area contributed by atoms with Crippen molar-refractivity contribution in [3.8, 4) is 5.69 Å². The molecule has 0 saturated carbocycles. The molecule has 0 spiro atoms. The molecule has 8 heteroatoms. The van der Waals surface area contributed by atoms with Crippen LogP contribution in [-0.2, 0) is 17.0 Å². The maximum absolute atomic E-state index is 13.3. The molecule has 38 heavy (non-hydrogen) atoms. The summed E-state index contributed by atoms with van der Waals surface area (Å²) in [6.45, 7) is 7.79. The Morgan fingerprint density at radius 1 is 1.00 bits per heavy atom. The Kier molecular flexibility index (Phi) is 9.19. The number of halogens is 2. The average Bonchev–Trinajstić information content (AvgIpc) is 3.32. The van der Waals surface area contributed by atoms with E-state index in [0.717, 1.165) is 27.7 Å². The molecule has 0 aliphatic rings. The lowest BCUT2D eigenvalue weighted by atomic mass is 9.94. The lowest BCUT2D eigenvalue weighted by Gasteiger charge is -2.26. The molecule has 4 aromatic rings. The van der Waals surface area contributed by atoms with Crippen molar-refractivity contribution in [2.24, 2.45) is 5.41 Å². The molecule has 0 radical (unpaired) electrons. The number of aryl methyl sites for hydroxylation is 2. The van der Waals surface area contributed by atoms with Gasteiger partial charge < -0.3 is 5.32 Å². The highest BCUT2D eigenvalue weighted by Crippen LogP contribution is 2.32. The van der Waals surface area contributed by atoms with E-state index in [4.69, 9.17) is 23.2 Å². The average molecular weight is 568 g/mol. The van der Waals surface area contributed by atoms with E-state index in [9.17, 15) is 4.79 Å². The molecule has 1 N–H and O–H groups in total. The smallest absolute Gasteiger partial charge is 0.227 e. The highest BCUT2D eigenvalue weighted by Gasteiger charge is 2.32. The number of alkyl halides is 1. The van der Waals surface area contributed by atoms with Gasteiger partial charge in [-0.3, -0.25) is 9.36 Å². The number of aromatic nitrogens is 3. The predicted molar refractivity (Wildman–Crippen MR) is 157 cm³/mol. The molecular weight excluding hydrogens is 535 g/mol. The lowest BCUT2D eigenvalue weighted by Crippen LogP contribution is -2.41. The number of thioether (sulfide) groups is 1. The molecule has 198 valence electrons. The topological polar surface area (TPSA) is 59.8 Å². The minimum Gasteiger partial charge on any atom is -0.345 e. The van der Waals surface area contributed by atoms with Crippen molar-refractivity contribution >= 4 is 40.9 Å². The van der Waals surface area contributed by atoms with Gasteiger partial charge in [0.25, 0.3) is 0 Å². The minimum atomic E-state index is -0.740. The van der Waals surface area contributed by atoms with Gasteiger partial charge in [0.1, 0.15) is 0 Å². The highest BCUT2D eigenvalue weighted by atomic mass is 35.5. The number of nitrogens with zero attached hydrogens (tertiary/aromatic N) is 3. The van der Waals surface area contributed by atoms with Crippen molar-refractivity contribution in [1.29, 1.82) is 0 Å². The summed E-state index contributed by atoms with van der Waals surface area (Å²) in [7, 11) is 0. The van der Waals surface area contributed by atoms with E-state index in [1.165, 1.54) is 11.1 Å². The predicted octanol–water partition coefficient (Wildman–Crippen LogP) is 7.49. The monoisotopic (exact) mass is 566 g/mol. The molecule has 3 aromatic carbocycles. The third-order valence-corrected chi connectivity index (χ3v) is 8.27. The van der Waals surface area contributed by atoms with E-state index in [-0.39, 0.29) is 11.8 Å². The second-order valence-electron chi connectivity index (χ2n) is 10.1. The van der Waals surface area contributed by atoms with Gasteiger partial charge in [-0.1, -0.05) is 89.6 Å². The van der Waals surface area contributed by atoms with Gasteiger partial charge in [-0.2, -0.15) is 0 Å². The fourth-order valence-corrected chi connectivity index (χ4v) is 5.25. The van der Waals surface area contributed by atoms with E-state index < -0.39 is 11.5 Å². The number of carbonyl (C=O) groups excluding carboxylic acids is 1. The number of nitrogens with one attached hydrogen (secondary N) is 1. The van der Waals surface area contributed by atoms with Crippen LogP contribution in [0.25, 0.3) is 5.69 Å². The highest BCUT2D eigenvalue weighted by molar-refractivity contribution is 7.98. The number of amides is 1. The maximum Gasteiger partial charge on any atom is 0.227 e. The SMILES string of the molecule is Cc1cccc(CSc2nnc(C(Cc3ccccc3)NC(=O)C(C)(C)CCl)n2-c2cc(Cl)ccc2C)c1. The van der Waals surface area contributed by atoms with Crippen LogP contribution in [0.1, 0.15) is 48.0 Å². The van der Waals surface area contributed by atoms with E-state index >= 15 is 0 Å². The van der Waals surface area contributed by atoms with Gasteiger partial charge in [-0.05, 0) is 62.9 Å². The van der Waals surface area contributed by atoms with Gasteiger partial charge >= 0.3 is 0 Å². The first-order valence-electron chi connectivity index (χ1n) is 12.5. The van der Waals surface area contributed by atoms with Crippen LogP contribution < -0.4 is 5.32 Å². The van der Waals surface area contributed by atoms with E-state index in [0.29, 0.717) is 17.3 Å². The maximum atomic E-state index is 13.3. The van der Waals surface area contributed by atoms with Crippen LogP contribution >= 0.6 is 35.0 Å². The van der Waals surface area contributed by atoms with Crippen molar-refractivity contribution < 1.29 is 4.79 Å². The third-order valence-electron chi connectivity index (χ3n) is 6.37. The van der Waals surface area contributed by atoms with Crippen LogP contribution in [0.4, 0.5) is 0 Å². The zero-order valence-electron chi connectivity index (χ0n) is 22.0. The Labute approximate surface area is 239 Å². The quantitative estimate of drug-likeness (QED) is 0.159. The molecule has 0 bridgehead atoms. The molecule has 5 nitrogen and oxygen atoms in total. The summed E-state index contributed by atoms with van der Waals surface area (Å²) in [5.41, 5.74) is 4.66. The van der Waals surface area contributed by atoms with Crippen LogP contribution in [0.15, 0.2) is 78.0 Å². The number of benzene rings is 3. The Bertz CT molecular complexity index is 1400. The largest absolute Gasteiger partial charge is 0.345 e. The Hall–Kier alpha value is -2.80. The van der Waals surface area contributed by atoms with Crippen molar-refractivity contribution in [2.45, 2.75) is 51.1 Å². The number of hydrogen-bond acceptors (Lipinski definition) is 4. The van der Waals surface area contributed by atoms with E-state index in [1.54, 1.807) is 11.8 Å². The minimum absolute atomic E-state index is 0.139. The molecule has 0 fully saturated rings. The first-order chi connectivity index (χ1) is 18.2. The summed E-state index contributed by atoms with van der Waals surface area (Å²) in [6.07, 6.45) is 0.547. The normalized spacial score (nSPS) is 12.4. The van der Waals surface area contributed by atoms with Crippen LogP contribution in [0, 0.1) is 19.3 Å². The fraction of sp³-hybridized carbons (Fsp3) is 0.300. The molecule has 0 aliphatic carbocycles. The molecule has 0 aliphatic heterocycles. The van der Waals surface area contributed by atoms with Crippen molar-refractivity contribution in [3.63, 3.8) is 0 Å². The number of hydrogen-bond donors (Lipinski definition) is 1. The van der Waals surface area contributed by atoms with Gasteiger partial charge in [0.05, 0.1) is 17.1 Å². The van der Waals surface area contributed by atoms with E-state index in [1.807, 2.05) is 73.9 Å². The molecule has 1 heterocycles. The van der Waals surface area contributed by atoms with Gasteiger partial charge in [0, 0.05) is 16.7 Å². The fourth-order valence-electron chi connectivity index (χ4n) is 4.07. The molecule has 1 amide bonds. The van der Waals surface area contributed by atoms with Crippen molar-refractivity contribution in [2.75, 3.05) is 5.88 Å². The van der Waals surface area contributed by atoms with Gasteiger partial charge in [-0.15, -0.1) is 21.8 Å². The standard InChI is InChI=1S/C30H32Cl2N4OS/c1-20-9-8-12-23(15-20)18-38-29-35-34-27(36(29)26-17-24(32)14-13-21(26)2)25(16-22-10-6-5-7-11-22)33-28(37)30(3,4)19-31/h5-15,17,25H,16,18-19H2,1-4H3,(H,33,37). The van der Waals surface area contributed by atoms with Crippen molar-refractivity contribution in [3.05, 3.63) is 106 Å². The molecule has 0 saturated heterocycles. The first-order valence-corrected chi connectivity index (χ1v) is 14.4. The molecular formula is C30H32Cl2N4OS. The van der Waals surface area contributed by atoms with Gasteiger partial charge in [-0.25, -0.2) is 0 Å². The molecule has 1 atom stereocenters. The molecule has 4 rings (SSSR count). The summed E-state index contributed by atoms with van der Waals surface area (Å²) in [5.74, 6) is 1.44. The zero-order valence-corrected chi connectivity index (χ0v) is 24.4. The first kappa shape index (κ1) is 28.2. The molecule has 1 unspecified atom stereocenters. The van der Waals surface area contributed by atoms with E-state index in [2.05, 4.69) is 46.7 Å². The number of rotatable bonds is 10. The Balaban J connectivity index is 1.80. The Morgan fingerprint density at radius 2 is 1.74 bits per heavy atom. The third kappa shape index (κ3) is 6.79. The summed E-state index contributed by atoms with van der Waals surface area (Å²) in [5, 5.41) is 13.8. The van der Waals surface area contributed by atoms with Crippen LogP contribution in [0.2, 0.25) is 5.02 Å².